The lowest BCUT2D eigenvalue weighted by atomic mass is 10.2. The number of amides is 1. The second-order valence-corrected chi connectivity index (χ2v) is 7.80. The summed E-state index contributed by atoms with van der Waals surface area (Å²) in [6.07, 6.45) is 0.210. The average Bonchev–Trinajstić information content (AvgIpc) is 2.84. The van der Waals surface area contributed by atoms with Gasteiger partial charge in [0, 0.05) is 38.3 Å². The average molecular weight is 329 g/mol. The maximum Gasteiger partial charge on any atom is 0.410 e. The zero-order chi connectivity index (χ0) is 17.6. The first-order chi connectivity index (χ1) is 10.6. The summed E-state index contributed by atoms with van der Waals surface area (Å²) < 4.78 is 5.41. The van der Waals surface area contributed by atoms with Crippen molar-refractivity contribution in [2.75, 3.05) is 32.7 Å². The first kappa shape index (κ1) is 20.2. The first-order valence-corrected chi connectivity index (χ1v) is 8.72. The SMILES string of the molecule is CC(O)CN(CCNC1CCN(C(C)C)C1)C(=O)OC(C)(C)C. The van der Waals surface area contributed by atoms with Gasteiger partial charge in [0.1, 0.15) is 5.60 Å². The van der Waals surface area contributed by atoms with Gasteiger partial charge in [-0.25, -0.2) is 4.79 Å². The van der Waals surface area contributed by atoms with E-state index in [1.807, 2.05) is 20.8 Å². The van der Waals surface area contributed by atoms with Gasteiger partial charge in [0.25, 0.3) is 0 Å². The summed E-state index contributed by atoms with van der Waals surface area (Å²) in [7, 11) is 0. The molecule has 0 bridgehead atoms. The molecular weight excluding hydrogens is 294 g/mol. The van der Waals surface area contributed by atoms with Crippen molar-refractivity contribution in [1.29, 1.82) is 0 Å². The van der Waals surface area contributed by atoms with Crippen LogP contribution in [0.3, 0.4) is 0 Å². The van der Waals surface area contributed by atoms with Gasteiger partial charge in [-0.2, -0.15) is 0 Å². The Kier molecular flexibility index (Phi) is 7.77. The quantitative estimate of drug-likeness (QED) is 0.744. The Bertz CT molecular complexity index is 367. The molecule has 0 radical (unpaired) electrons. The van der Waals surface area contributed by atoms with E-state index in [-0.39, 0.29) is 6.09 Å². The lowest BCUT2D eigenvalue weighted by Gasteiger charge is -2.28. The number of hydrogen-bond donors (Lipinski definition) is 2. The predicted molar refractivity (Wildman–Crippen MR) is 92.6 cm³/mol. The van der Waals surface area contributed by atoms with E-state index < -0.39 is 11.7 Å². The highest BCUT2D eigenvalue weighted by molar-refractivity contribution is 5.68. The highest BCUT2D eigenvalue weighted by Gasteiger charge is 2.25. The van der Waals surface area contributed by atoms with Crippen molar-refractivity contribution in [1.82, 2.24) is 15.1 Å². The van der Waals surface area contributed by atoms with Crippen molar-refractivity contribution >= 4 is 6.09 Å². The summed E-state index contributed by atoms with van der Waals surface area (Å²) in [6.45, 7) is 15.4. The van der Waals surface area contributed by atoms with Gasteiger partial charge in [0.05, 0.1) is 6.10 Å². The van der Waals surface area contributed by atoms with Gasteiger partial charge in [-0.15, -0.1) is 0 Å². The lowest BCUT2D eigenvalue weighted by molar-refractivity contribution is 0.0163. The van der Waals surface area contributed by atoms with E-state index in [0.717, 1.165) is 19.5 Å². The third kappa shape index (κ3) is 7.99. The second kappa shape index (κ2) is 8.85. The van der Waals surface area contributed by atoms with Crippen LogP contribution in [0.1, 0.15) is 48.0 Å². The minimum absolute atomic E-state index is 0.291. The van der Waals surface area contributed by atoms with E-state index in [2.05, 4.69) is 24.1 Å². The smallest absolute Gasteiger partial charge is 0.410 e. The van der Waals surface area contributed by atoms with Crippen molar-refractivity contribution < 1.29 is 14.6 Å². The number of carbonyl (C=O) groups excluding carboxylic acids is 1. The van der Waals surface area contributed by atoms with Crippen molar-refractivity contribution in [3.8, 4) is 0 Å². The van der Waals surface area contributed by atoms with Gasteiger partial charge in [-0.05, 0) is 54.5 Å². The molecule has 0 spiro atoms. The van der Waals surface area contributed by atoms with Gasteiger partial charge in [-0.3, -0.25) is 4.90 Å². The Morgan fingerprint density at radius 2 is 2.04 bits per heavy atom. The first-order valence-electron chi connectivity index (χ1n) is 8.72. The molecular formula is C17H35N3O3. The number of rotatable bonds is 7. The van der Waals surface area contributed by atoms with Crippen LogP contribution in [-0.4, -0.2) is 77.5 Å². The van der Waals surface area contributed by atoms with Crippen molar-refractivity contribution in [3.63, 3.8) is 0 Å². The molecule has 1 fully saturated rings. The molecule has 0 aromatic carbocycles. The lowest BCUT2D eigenvalue weighted by Crippen LogP contribution is -2.45. The molecule has 23 heavy (non-hydrogen) atoms. The molecule has 1 aliphatic heterocycles. The number of nitrogens with zero attached hydrogens (tertiary/aromatic N) is 2. The fraction of sp³-hybridized carbons (Fsp3) is 0.941. The van der Waals surface area contributed by atoms with Gasteiger partial charge >= 0.3 is 6.09 Å². The predicted octanol–water partition coefficient (Wildman–Crippen LogP) is 1.68. The van der Waals surface area contributed by atoms with E-state index in [1.54, 1.807) is 11.8 Å². The molecule has 1 saturated heterocycles. The van der Waals surface area contributed by atoms with E-state index in [1.165, 1.54) is 0 Å². The molecule has 0 aromatic rings. The van der Waals surface area contributed by atoms with Crippen LogP contribution in [0, 0.1) is 0 Å². The normalized spacial score (nSPS) is 20.8. The van der Waals surface area contributed by atoms with Crippen molar-refractivity contribution in [2.24, 2.45) is 0 Å². The summed E-state index contributed by atoms with van der Waals surface area (Å²) in [5.41, 5.74) is -0.523. The highest BCUT2D eigenvalue weighted by atomic mass is 16.6. The molecule has 1 heterocycles. The maximum atomic E-state index is 12.2. The molecule has 0 aliphatic carbocycles. The van der Waals surface area contributed by atoms with Crippen LogP contribution >= 0.6 is 0 Å². The minimum Gasteiger partial charge on any atom is -0.444 e. The zero-order valence-electron chi connectivity index (χ0n) is 15.6. The number of aliphatic hydroxyl groups is 1. The van der Waals surface area contributed by atoms with Crippen molar-refractivity contribution in [2.45, 2.75) is 71.8 Å². The van der Waals surface area contributed by atoms with E-state index in [4.69, 9.17) is 4.74 Å². The Morgan fingerprint density at radius 3 is 2.52 bits per heavy atom. The molecule has 136 valence electrons. The fourth-order valence-electron chi connectivity index (χ4n) is 2.73. The summed E-state index contributed by atoms with van der Waals surface area (Å²) in [5.74, 6) is 0. The number of ether oxygens (including phenoxy) is 1. The Labute approximate surface area is 141 Å². The molecule has 2 unspecified atom stereocenters. The third-order valence-corrected chi connectivity index (χ3v) is 3.90. The van der Waals surface area contributed by atoms with Gasteiger partial charge in [0.15, 0.2) is 0 Å². The maximum absolute atomic E-state index is 12.2. The standard InChI is InChI=1S/C17H35N3O3/c1-13(2)19-9-7-15(12-19)18-8-10-20(11-14(3)21)16(22)23-17(4,5)6/h13-15,18,21H,7-12H2,1-6H3. The number of likely N-dealkylation sites (tertiary alicyclic amines) is 1. The molecule has 0 saturated carbocycles. The monoisotopic (exact) mass is 329 g/mol. The summed E-state index contributed by atoms with van der Waals surface area (Å²) in [6, 6.07) is 1.06. The van der Waals surface area contributed by atoms with Gasteiger partial charge in [0.2, 0.25) is 0 Å². The number of carbonyl (C=O) groups is 1. The van der Waals surface area contributed by atoms with Gasteiger partial charge < -0.3 is 20.1 Å². The van der Waals surface area contributed by atoms with Crippen LogP contribution < -0.4 is 5.32 Å². The number of nitrogens with one attached hydrogen (secondary N) is 1. The number of aliphatic hydroxyl groups excluding tert-OH is 1. The van der Waals surface area contributed by atoms with Crippen LogP contribution in [0.25, 0.3) is 0 Å². The Balaban J connectivity index is 2.41. The molecule has 0 aromatic heterocycles. The molecule has 1 rings (SSSR count). The fourth-order valence-corrected chi connectivity index (χ4v) is 2.73. The topological polar surface area (TPSA) is 65.0 Å². The second-order valence-electron chi connectivity index (χ2n) is 7.80. The molecule has 6 heteroatoms. The molecule has 6 nitrogen and oxygen atoms in total. The van der Waals surface area contributed by atoms with Crippen LogP contribution in [0.5, 0.6) is 0 Å². The van der Waals surface area contributed by atoms with E-state index >= 15 is 0 Å². The van der Waals surface area contributed by atoms with Gasteiger partial charge in [-0.1, -0.05) is 0 Å². The molecule has 2 N–H and O–H groups in total. The van der Waals surface area contributed by atoms with Crippen LogP contribution in [0.15, 0.2) is 0 Å². The summed E-state index contributed by atoms with van der Waals surface area (Å²) in [5, 5.41) is 13.1. The van der Waals surface area contributed by atoms with Crippen LogP contribution in [0.4, 0.5) is 4.79 Å². The summed E-state index contributed by atoms with van der Waals surface area (Å²) in [4.78, 5) is 16.3. The minimum atomic E-state index is -0.564. The molecule has 1 aliphatic rings. The molecule has 2 atom stereocenters. The Morgan fingerprint density at radius 1 is 1.39 bits per heavy atom. The summed E-state index contributed by atoms with van der Waals surface area (Å²) >= 11 is 0. The van der Waals surface area contributed by atoms with E-state index in [9.17, 15) is 9.90 Å². The number of hydrogen-bond acceptors (Lipinski definition) is 5. The highest BCUT2D eigenvalue weighted by Crippen LogP contribution is 2.13. The molecule has 1 amide bonds. The third-order valence-electron chi connectivity index (χ3n) is 3.90. The largest absolute Gasteiger partial charge is 0.444 e. The van der Waals surface area contributed by atoms with E-state index in [0.29, 0.717) is 31.7 Å². The zero-order valence-corrected chi connectivity index (χ0v) is 15.6. The van der Waals surface area contributed by atoms with Crippen molar-refractivity contribution in [3.05, 3.63) is 0 Å². The van der Waals surface area contributed by atoms with Crippen LogP contribution in [-0.2, 0) is 4.74 Å². The Hall–Kier alpha value is -0.850. The van der Waals surface area contributed by atoms with Crippen LogP contribution in [0.2, 0.25) is 0 Å².